The Bertz CT molecular complexity index is 792. The number of aromatic amines is 1. The van der Waals surface area contributed by atoms with Gasteiger partial charge in [-0.15, -0.1) is 0 Å². The van der Waals surface area contributed by atoms with Crippen LogP contribution < -0.4 is 0 Å². The zero-order chi connectivity index (χ0) is 14.1. The summed E-state index contributed by atoms with van der Waals surface area (Å²) < 4.78 is 0.870. The Morgan fingerprint density at radius 1 is 1.35 bits per heavy atom. The first-order valence-corrected chi connectivity index (χ1v) is 7.14. The minimum Gasteiger partial charge on any atom is -0.345 e. The number of ketones is 1. The number of H-pyrrole nitrogens is 1. The van der Waals surface area contributed by atoms with Crippen LogP contribution in [-0.4, -0.2) is 15.8 Å². The SMILES string of the molecule is Cc1cccc(CC(=O)c2c[nH]c3ncc(Br)cc23)c1. The molecule has 0 atom stereocenters. The van der Waals surface area contributed by atoms with Crippen LogP contribution in [-0.2, 0) is 6.42 Å². The quantitative estimate of drug-likeness (QED) is 0.737. The predicted molar refractivity (Wildman–Crippen MR) is 83.0 cm³/mol. The normalized spacial score (nSPS) is 10.9. The fraction of sp³-hybridized carbons (Fsp3) is 0.125. The molecule has 0 amide bonds. The number of fused-ring (bicyclic) bond motifs is 1. The number of aromatic nitrogens is 2. The summed E-state index contributed by atoms with van der Waals surface area (Å²) >= 11 is 3.39. The zero-order valence-electron chi connectivity index (χ0n) is 11.0. The van der Waals surface area contributed by atoms with Gasteiger partial charge in [0.1, 0.15) is 5.65 Å². The smallest absolute Gasteiger partial charge is 0.169 e. The summed E-state index contributed by atoms with van der Waals surface area (Å²) in [5, 5.41) is 0.858. The van der Waals surface area contributed by atoms with E-state index in [4.69, 9.17) is 0 Å². The third-order valence-corrected chi connectivity index (χ3v) is 3.68. The number of carbonyl (C=O) groups is 1. The number of pyridine rings is 1. The van der Waals surface area contributed by atoms with Crippen molar-refractivity contribution < 1.29 is 4.79 Å². The Morgan fingerprint density at radius 2 is 2.20 bits per heavy atom. The molecular weight excluding hydrogens is 316 g/mol. The highest BCUT2D eigenvalue weighted by Gasteiger charge is 2.13. The lowest BCUT2D eigenvalue weighted by atomic mass is 10.0. The van der Waals surface area contributed by atoms with Gasteiger partial charge >= 0.3 is 0 Å². The van der Waals surface area contributed by atoms with E-state index in [1.165, 1.54) is 5.56 Å². The van der Waals surface area contributed by atoms with Crippen LogP contribution >= 0.6 is 15.9 Å². The minimum atomic E-state index is 0.0988. The summed E-state index contributed by atoms with van der Waals surface area (Å²) in [6.07, 6.45) is 3.86. The first kappa shape index (κ1) is 13.1. The molecule has 0 saturated carbocycles. The number of aryl methyl sites for hydroxylation is 1. The van der Waals surface area contributed by atoms with Crippen LogP contribution in [0.25, 0.3) is 11.0 Å². The molecule has 2 aromatic heterocycles. The number of hydrogen-bond acceptors (Lipinski definition) is 2. The number of rotatable bonds is 3. The van der Waals surface area contributed by atoms with Gasteiger partial charge in [0.25, 0.3) is 0 Å². The van der Waals surface area contributed by atoms with E-state index < -0.39 is 0 Å². The van der Waals surface area contributed by atoms with Crippen molar-refractivity contribution in [3.8, 4) is 0 Å². The summed E-state index contributed by atoms with van der Waals surface area (Å²) in [6, 6.07) is 9.95. The summed E-state index contributed by atoms with van der Waals surface area (Å²) in [7, 11) is 0. The molecule has 0 aliphatic heterocycles. The second kappa shape index (κ2) is 5.21. The van der Waals surface area contributed by atoms with Gasteiger partial charge in [-0.25, -0.2) is 4.98 Å². The maximum absolute atomic E-state index is 12.4. The first-order valence-electron chi connectivity index (χ1n) is 6.35. The fourth-order valence-electron chi connectivity index (χ4n) is 2.31. The zero-order valence-corrected chi connectivity index (χ0v) is 12.6. The second-order valence-corrected chi connectivity index (χ2v) is 5.76. The van der Waals surface area contributed by atoms with E-state index in [0.717, 1.165) is 21.1 Å². The van der Waals surface area contributed by atoms with Crippen molar-refractivity contribution in [1.29, 1.82) is 0 Å². The number of nitrogens with zero attached hydrogens (tertiary/aromatic N) is 1. The number of benzene rings is 1. The molecule has 3 aromatic rings. The van der Waals surface area contributed by atoms with Gasteiger partial charge in [-0.3, -0.25) is 4.79 Å². The van der Waals surface area contributed by atoms with Gasteiger partial charge in [0.05, 0.1) is 0 Å². The van der Waals surface area contributed by atoms with Crippen LogP contribution in [0.15, 0.2) is 47.2 Å². The van der Waals surface area contributed by atoms with E-state index in [0.29, 0.717) is 12.0 Å². The molecule has 0 saturated heterocycles. The van der Waals surface area contributed by atoms with Crippen LogP contribution in [0.2, 0.25) is 0 Å². The lowest BCUT2D eigenvalue weighted by molar-refractivity contribution is 0.0994. The third-order valence-electron chi connectivity index (χ3n) is 3.25. The van der Waals surface area contributed by atoms with Gasteiger partial charge in [0.15, 0.2) is 5.78 Å². The Morgan fingerprint density at radius 3 is 3.00 bits per heavy atom. The molecule has 3 nitrogen and oxygen atoms in total. The molecule has 0 radical (unpaired) electrons. The number of carbonyl (C=O) groups excluding carboxylic acids is 1. The van der Waals surface area contributed by atoms with Crippen molar-refractivity contribution in [2.75, 3.05) is 0 Å². The minimum absolute atomic E-state index is 0.0988. The molecule has 4 heteroatoms. The first-order chi connectivity index (χ1) is 9.63. The monoisotopic (exact) mass is 328 g/mol. The average Bonchev–Trinajstić information content (AvgIpc) is 2.81. The van der Waals surface area contributed by atoms with Crippen molar-refractivity contribution in [3.05, 3.63) is 63.9 Å². The Hall–Kier alpha value is -1.94. The number of halogens is 1. The van der Waals surface area contributed by atoms with E-state index in [1.54, 1.807) is 12.4 Å². The summed E-state index contributed by atoms with van der Waals surface area (Å²) in [4.78, 5) is 19.7. The van der Waals surface area contributed by atoms with E-state index in [9.17, 15) is 4.79 Å². The fourth-order valence-corrected chi connectivity index (χ4v) is 2.64. The molecular formula is C16H13BrN2O. The average molecular weight is 329 g/mol. The molecule has 0 aliphatic rings. The van der Waals surface area contributed by atoms with Crippen LogP contribution in [0.3, 0.4) is 0 Å². The van der Waals surface area contributed by atoms with Crippen molar-refractivity contribution >= 4 is 32.7 Å². The number of Topliss-reactive ketones (excluding diaryl/α,β-unsaturated/α-hetero) is 1. The van der Waals surface area contributed by atoms with Gasteiger partial charge in [0, 0.05) is 34.2 Å². The highest BCUT2D eigenvalue weighted by Crippen LogP contribution is 2.22. The van der Waals surface area contributed by atoms with Gasteiger partial charge in [-0.1, -0.05) is 29.8 Å². The van der Waals surface area contributed by atoms with Crippen molar-refractivity contribution in [1.82, 2.24) is 9.97 Å². The molecule has 100 valence electrons. The summed E-state index contributed by atoms with van der Waals surface area (Å²) in [5.74, 6) is 0.0988. The van der Waals surface area contributed by atoms with Crippen molar-refractivity contribution in [2.24, 2.45) is 0 Å². The van der Waals surface area contributed by atoms with Crippen molar-refractivity contribution in [3.63, 3.8) is 0 Å². The second-order valence-electron chi connectivity index (χ2n) is 4.84. The molecule has 20 heavy (non-hydrogen) atoms. The molecule has 1 N–H and O–H groups in total. The lowest BCUT2D eigenvalue weighted by Gasteiger charge is -2.02. The molecule has 0 unspecified atom stereocenters. The van der Waals surface area contributed by atoms with Gasteiger partial charge < -0.3 is 4.98 Å². The van der Waals surface area contributed by atoms with Gasteiger partial charge in [-0.2, -0.15) is 0 Å². The van der Waals surface area contributed by atoms with E-state index >= 15 is 0 Å². The maximum Gasteiger partial charge on any atom is 0.169 e. The molecule has 3 rings (SSSR count). The summed E-state index contributed by atoms with van der Waals surface area (Å²) in [6.45, 7) is 2.03. The van der Waals surface area contributed by atoms with E-state index in [1.807, 2.05) is 37.3 Å². The Kier molecular flexibility index (Phi) is 3.40. The molecule has 0 fully saturated rings. The van der Waals surface area contributed by atoms with Crippen molar-refractivity contribution in [2.45, 2.75) is 13.3 Å². The molecule has 0 bridgehead atoms. The molecule has 2 heterocycles. The van der Waals surface area contributed by atoms with Gasteiger partial charge in [0.2, 0.25) is 0 Å². The third kappa shape index (κ3) is 2.51. The Balaban J connectivity index is 1.94. The maximum atomic E-state index is 12.4. The lowest BCUT2D eigenvalue weighted by Crippen LogP contribution is -2.03. The number of hydrogen-bond donors (Lipinski definition) is 1. The highest BCUT2D eigenvalue weighted by molar-refractivity contribution is 9.10. The van der Waals surface area contributed by atoms with E-state index in [2.05, 4.69) is 25.9 Å². The van der Waals surface area contributed by atoms with Gasteiger partial charge in [-0.05, 0) is 34.5 Å². The van der Waals surface area contributed by atoms with Crippen LogP contribution in [0.5, 0.6) is 0 Å². The van der Waals surface area contributed by atoms with Crippen LogP contribution in [0, 0.1) is 6.92 Å². The summed E-state index contributed by atoms with van der Waals surface area (Å²) in [5.41, 5.74) is 3.63. The molecule has 0 aliphatic carbocycles. The standard InChI is InChI=1S/C16H13BrN2O/c1-10-3-2-4-11(5-10)6-15(20)14-9-19-16-13(14)7-12(17)8-18-16/h2-5,7-9H,6H2,1H3,(H,18,19). The topological polar surface area (TPSA) is 45.8 Å². The molecule has 1 aromatic carbocycles. The van der Waals surface area contributed by atoms with Crippen LogP contribution in [0.4, 0.5) is 0 Å². The largest absolute Gasteiger partial charge is 0.345 e. The highest BCUT2D eigenvalue weighted by atomic mass is 79.9. The van der Waals surface area contributed by atoms with E-state index in [-0.39, 0.29) is 5.78 Å². The predicted octanol–water partition coefficient (Wildman–Crippen LogP) is 4.06. The number of nitrogens with one attached hydrogen (secondary N) is 1. The van der Waals surface area contributed by atoms with Crippen LogP contribution in [0.1, 0.15) is 21.5 Å². The molecule has 0 spiro atoms. The Labute approximate surface area is 125 Å².